The van der Waals surface area contributed by atoms with E-state index < -0.39 is 0 Å². The Balaban J connectivity index is 2.38. The summed E-state index contributed by atoms with van der Waals surface area (Å²) in [5.41, 5.74) is 4.83. The molecule has 3 heteroatoms. The van der Waals surface area contributed by atoms with Gasteiger partial charge in [0.05, 0.1) is 11.7 Å². The highest BCUT2D eigenvalue weighted by molar-refractivity contribution is 7.00. The summed E-state index contributed by atoms with van der Waals surface area (Å²) in [4.78, 5) is 0. The Labute approximate surface area is 131 Å². The van der Waals surface area contributed by atoms with Crippen LogP contribution in [-0.4, -0.2) is 8.75 Å². The Hall–Kier alpha value is -1.48. The van der Waals surface area contributed by atoms with E-state index >= 15 is 0 Å². The van der Waals surface area contributed by atoms with Gasteiger partial charge in [-0.15, -0.1) is 0 Å². The molecule has 0 amide bonds. The summed E-state index contributed by atoms with van der Waals surface area (Å²) >= 11 is 1.33. The van der Waals surface area contributed by atoms with Gasteiger partial charge in [0.2, 0.25) is 0 Å². The first-order valence-electron chi connectivity index (χ1n) is 7.66. The van der Waals surface area contributed by atoms with Gasteiger partial charge in [-0.05, 0) is 49.7 Å². The molecule has 0 N–H and O–H groups in total. The van der Waals surface area contributed by atoms with E-state index in [2.05, 4.69) is 72.9 Å². The predicted molar refractivity (Wildman–Crippen MR) is 93.1 cm³/mol. The third kappa shape index (κ3) is 3.59. The molecule has 112 valence electrons. The van der Waals surface area contributed by atoms with Gasteiger partial charge in [0.1, 0.15) is 11.0 Å². The molecule has 21 heavy (non-hydrogen) atoms. The number of hydrogen-bond donors (Lipinski definition) is 0. The van der Waals surface area contributed by atoms with E-state index in [-0.39, 0.29) is 0 Å². The average Bonchev–Trinajstić information content (AvgIpc) is 2.98. The minimum Gasteiger partial charge on any atom is -0.173 e. The maximum Gasteiger partial charge on any atom is 0.108 e. The molecule has 0 aliphatic rings. The smallest absolute Gasteiger partial charge is 0.108 e. The van der Waals surface area contributed by atoms with Crippen LogP contribution in [0.3, 0.4) is 0 Å². The van der Waals surface area contributed by atoms with Gasteiger partial charge >= 0.3 is 0 Å². The van der Waals surface area contributed by atoms with E-state index in [0.29, 0.717) is 11.8 Å². The van der Waals surface area contributed by atoms with E-state index in [1.54, 1.807) is 0 Å². The molecule has 2 nitrogen and oxygen atoms in total. The first-order valence-corrected chi connectivity index (χ1v) is 8.39. The number of nitrogens with zero attached hydrogens (tertiary/aromatic N) is 2. The average molecular weight is 300 g/mol. The van der Waals surface area contributed by atoms with Crippen molar-refractivity contribution in [1.82, 2.24) is 8.75 Å². The number of aromatic nitrogens is 2. The lowest BCUT2D eigenvalue weighted by atomic mass is 9.90. The van der Waals surface area contributed by atoms with Gasteiger partial charge in [0.15, 0.2) is 0 Å². The van der Waals surface area contributed by atoms with Crippen LogP contribution in [0.25, 0.3) is 11.0 Å². The molecule has 2 atom stereocenters. The summed E-state index contributed by atoms with van der Waals surface area (Å²) in [7, 11) is 0. The van der Waals surface area contributed by atoms with Crippen LogP contribution < -0.4 is 0 Å². The Kier molecular flexibility index (Phi) is 5.68. The number of rotatable bonds is 6. The van der Waals surface area contributed by atoms with Gasteiger partial charge < -0.3 is 0 Å². The summed E-state index contributed by atoms with van der Waals surface area (Å²) in [5.74, 6) is 0.958. The lowest BCUT2D eigenvalue weighted by Crippen LogP contribution is -1.98. The Morgan fingerprint density at radius 3 is 1.71 bits per heavy atom. The molecule has 2 aromatic rings. The Morgan fingerprint density at radius 1 is 0.905 bits per heavy atom. The second-order valence-electron chi connectivity index (χ2n) is 5.62. The van der Waals surface area contributed by atoms with Crippen molar-refractivity contribution < 1.29 is 0 Å². The van der Waals surface area contributed by atoms with Gasteiger partial charge in [0.25, 0.3) is 0 Å². The highest BCUT2D eigenvalue weighted by Gasteiger charge is 2.17. The molecular weight excluding hydrogens is 276 g/mol. The molecule has 0 aliphatic carbocycles. The van der Waals surface area contributed by atoms with Crippen molar-refractivity contribution in [3.63, 3.8) is 0 Å². The lowest BCUT2D eigenvalue weighted by Gasteiger charge is -2.14. The van der Waals surface area contributed by atoms with Gasteiger partial charge in [-0.1, -0.05) is 50.3 Å². The second kappa shape index (κ2) is 7.51. The normalized spacial score (nSPS) is 15.2. The van der Waals surface area contributed by atoms with Crippen LogP contribution in [-0.2, 0) is 0 Å². The van der Waals surface area contributed by atoms with Crippen molar-refractivity contribution in [2.24, 2.45) is 0 Å². The van der Waals surface area contributed by atoms with E-state index in [9.17, 15) is 0 Å². The third-order valence-corrected chi connectivity index (χ3v) is 4.52. The molecule has 0 radical (unpaired) electrons. The first kappa shape index (κ1) is 15.9. The van der Waals surface area contributed by atoms with Gasteiger partial charge in [-0.3, -0.25) is 0 Å². The minimum atomic E-state index is 0.479. The molecule has 2 rings (SSSR count). The van der Waals surface area contributed by atoms with E-state index in [0.717, 1.165) is 23.9 Å². The molecular formula is C18H24N2S. The predicted octanol–water partition coefficient (Wildman–Crippen LogP) is 5.83. The van der Waals surface area contributed by atoms with Crippen LogP contribution in [0.15, 0.2) is 36.4 Å². The van der Waals surface area contributed by atoms with Crippen molar-refractivity contribution >= 4 is 22.8 Å². The van der Waals surface area contributed by atoms with Gasteiger partial charge in [-0.25, -0.2) is 0 Å². The number of hydrogen-bond acceptors (Lipinski definition) is 3. The van der Waals surface area contributed by atoms with Crippen molar-refractivity contribution in [3.8, 4) is 0 Å². The monoisotopic (exact) mass is 300 g/mol. The molecule has 0 saturated carbocycles. The quantitative estimate of drug-likeness (QED) is 0.627. The first-order chi connectivity index (χ1) is 10.2. The van der Waals surface area contributed by atoms with Crippen molar-refractivity contribution in [2.75, 3.05) is 0 Å². The highest BCUT2D eigenvalue weighted by atomic mass is 32.1. The third-order valence-electron chi connectivity index (χ3n) is 3.99. The summed E-state index contributed by atoms with van der Waals surface area (Å²) in [5, 5.41) is 0. The summed E-state index contributed by atoms with van der Waals surface area (Å²) < 4.78 is 9.12. The number of benzene rings is 1. The molecule has 0 bridgehead atoms. The molecule has 1 aromatic heterocycles. The summed E-state index contributed by atoms with van der Waals surface area (Å²) in [6.07, 6.45) is 10.8. The Morgan fingerprint density at radius 2 is 1.33 bits per heavy atom. The molecule has 2 unspecified atom stereocenters. The van der Waals surface area contributed by atoms with Crippen LogP contribution in [0.5, 0.6) is 0 Å². The zero-order chi connectivity index (χ0) is 15.2. The highest BCUT2D eigenvalue weighted by Crippen LogP contribution is 2.33. The summed E-state index contributed by atoms with van der Waals surface area (Å²) in [6.45, 7) is 8.66. The van der Waals surface area contributed by atoms with Crippen molar-refractivity contribution in [3.05, 3.63) is 47.6 Å². The van der Waals surface area contributed by atoms with Crippen molar-refractivity contribution in [2.45, 2.75) is 52.4 Å². The summed E-state index contributed by atoms with van der Waals surface area (Å²) in [6, 6.07) is 4.50. The zero-order valence-corrected chi connectivity index (χ0v) is 14.2. The van der Waals surface area contributed by atoms with Crippen LogP contribution >= 0.6 is 11.7 Å². The van der Waals surface area contributed by atoms with Gasteiger partial charge in [0, 0.05) is 0 Å². The van der Waals surface area contributed by atoms with Crippen LogP contribution in [0.4, 0.5) is 0 Å². The van der Waals surface area contributed by atoms with Crippen LogP contribution in [0.2, 0.25) is 0 Å². The number of allylic oxidation sites excluding steroid dienone is 4. The van der Waals surface area contributed by atoms with Gasteiger partial charge in [-0.2, -0.15) is 8.75 Å². The molecule has 1 heterocycles. The maximum atomic E-state index is 4.56. The molecule has 0 saturated heterocycles. The minimum absolute atomic E-state index is 0.479. The largest absolute Gasteiger partial charge is 0.173 e. The fourth-order valence-corrected chi connectivity index (χ4v) is 3.22. The van der Waals surface area contributed by atoms with E-state index in [1.165, 1.54) is 22.9 Å². The number of fused-ring (bicyclic) bond motifs is 1. The fraction of sp³-hybridized carbons (Fsp3) is 0.444. The maximum absolute atomic E-state index is 4.56. The molecule has 1 aromatic carbocycles. The van der Waals surface area contributed by atoms with Crippen LogP contribution in [0, 0.1) is 0 Å². The van der Waals surface area contributed by atoms with Crippen molar-refractivity contribution in [1.29, 1.82) is 0 Å². The standard InChI is InChI=1S/C18H24N2S/c1-5-7-9-13(3)15-11-12-16(14(4)10-8-6-2)18-17(15)19-21-20-18/h5-8,11-14H,9-10H2,1-4H3. The zero-order valence-electron chi connectivity index (χ0n) is 13.3. The topological polar surface area (TPSA) is 25.8 Å². The second-order valence-corrected chi connectivity index (χ2v) is 6.15. The van der Waals surface area contributed by atoms with Crippen LogP contribution in [0.1, 0.15) is 63.5 Å². The molecule has 0 fully saturated rings. The molecule has 0 aliphatic heterocycles. The SMILES string of the molecule is CC=CCC(C)c1ccc(C(C)CC=CC)c2nsnc12. The fourth-order valence-electron chi connectivity index (χ4n) is 2.63. The Bertz CT molecular complexity index is 586. The lowest BCUT2D eigenvalue weighted by molar-refractivity contribution is 0.772. The molecule has 0 spiro atoms. The van der Waals surface area contributed by atoms with E-state index in [4.69, 9.17) is 0 Å². The van der Waals surface area contributed by atoms with E-state index in [1.807, 2.05) is 0 Å².